The summed E-state index contributed by atoms with van der Waals surface area (Å²) in [6.45, 7) is 0. The van der Waals surface area contributed by atoms with E-state index in [-0.39, 0.29) is 34.2 Å². The molecule has 0 radical (unpaired) electrons. The molecule has 6 aliphatic carbocycles. The summed E-state index contributed by atoms with van der Waals surface area (Å²) in [5.41, 5.74) is 0.301. The Kier molecular flexibility index (Phi) is 5.07. The van der Waals surface area contributed by atoms with Crippen LogP contribution in [0.4, 0.5) is 0 Å². The Labute approximate surface area is 234 Å². The van der Waals surface area contributed by atoms with Gasteiger partial charge in [0.05, 0.1) is 22.1 Å². The van der Waals surface area contributed by atoms with Crippen LogP contribution in [0.2, 0.25) is 0 Å². The molecule has 10 nitrogen and oxygen atoms in total. The molecule has 0 aromatic heterocycles. The summed E-state index contributed by atoms with van der Waals surface area (Å²) < 4.78 is 49.7. The summed E-state index contributed by atoms with van der Waals surface area (Å²) in [5.74, 6) is -3.50. The number of fused-ring (bicyclic) bond motifs is 2. The normalized spacial score (nSPS) is 37.8. The Morgan fingerprint density at radius 2 is 1.68 bits per heavy atom. The number of benzene rings is 2. The molecule has 5 fully saturated rings. The van der Waals surface area contributed by atoms with Crippen LogP contribution in [-0.4, -0.2) is 48.9 Å². The highest BCUT2D eigenvalue weighted by Gasteiger charge is 2.71. The van der Waals surface area contributed by atoms with Gasteiger partial charge in [0, 0.05) is 23.7 Å². The van der Waals surface area contributed by atoms with Crippen molar-refractivity contribution in [3.8, 4) is 5.75 Å². The van der Waals surface area contributed by atoms with E-state index in [9.17, 15) is 32.1 Å². The molecule has 8 unspecified atom stereocenters. The zero-order valence-electron chi connectivity index (χ0n) is 21.7. The number of esters is 3. The van der Waals surface area contributed by atoms with Crippen LogP contribution in [0.3, 0.4) is 0 Å². The molecule has 2 aromatic carbocycles. The van der Waals surface area contributed by atoms with Crippen LogP contribution in [0.15, 0.2) is 52.9 Å². The Hall–Kier alpha value is -3.57. The number of ketones is 1. The van der Waals surface area contributed by atoms with E-state index in [4.69, 9.17) is 14.2 Å². The van der Waals surface area contributed by atoms with Gasteiger partial charge in [-0.25, -0.2) is 0 Å². The predicted molar refractivity (Wildman–Crippen MR) is 139 cm³/mol. The van der Waals surface area contributed by atoms with Crippen molar-refractivity contribution in [1.82, 2.24) is 0 Å². The first-order chi connectivity index (χ1) is 19.5. The maximum absolute atomic E-state index is 13.7. The molecule has 212 valence electrons. The molecule has 4 saturated carbocycles. The van der Waals surface area contributed by atoms with E-state index in [0.717, 1.165) is 5.57 Å². The maximum atomic E-state index is 13.7. The smallest absolute Gasteiger partial charge is 0.316 e. The molecule has 6 bridgehead atoms. The SMILES string of the molecule is O=C1C2CC3=CC(C(=O)OC4C5CC6C4OC(=O)C6C5C(=O)Oc4ccc5cc(S(=O)(=O)O)ccc5c4)(C2)CC1C3. The van der Waals surface area contributed by atoms with E-state index in [0.29, 0.717) is 42.9 Å². The lowest BCUT2D eigenvalue weighted by Gasteiger charge is -2.49. The fourth-order valence-corrected chi connectivity index (χ4v) is 9.25. The molecule has 2 aromatic rings. The van der Waals surface area contributed by atoms with Gasteiger partial charge in [0.15, 0.2) is 0 Å². The Bertz CT molecular complexity index is 1700. The van der Waals surface area contributed by atoms with Crippen LogP contribution in [-0.2, 0) is 38.8 Å². The van der Waals surface area contributed by atoms with Crippen molar-refractivity contribution in [2.24, 2.45) is 40.9 Å². The predicted octanol–water partition coefficient (Wildman–Crippen LogP) is 3.03. The molecule has 9 rings (SSSR count). The van der Waals surface area contributed by atoms with Crippen molar-refractivity contribution < 1.29 is 46.4 Å². The minimum Gasteiger partial charge on any atom is -0.458 e. The lowest BCUT2D eigenvalue weighted by Crippen LogP contribution is -2.52. The van der Waals surface area contributed by atoms with Crippen LogP contribution >= 0.6 is 0 Å². The molecule has 11 heteroatoms. The fourth-order valence-electron chi connectivity index (χ4n) is 8.73. The van der Waals surface area contributed by atoms with Crippen molar-refractivity contribution in [2.75, 3.05) is 0 Å². The second-order valence-electron chi connectivity index (χ2n) is 12.5. The van der Waals surface area contributed by atoms with Gasteiger partial charge in [-0.1, -0.05) is 23.8 Å². The van der Waals surface area contributed by atoms with Crippen molar-refractivity contribution >= 4 is 44.6 Å². The number of hydrogen-bond acceptors (Lipinski definition) is 9. The summed E-state index contributed by atoms with van der Waals surface area (Å²) >= 11 is 0. The zero-order valence-corrected chi connectivity index (χ0v) is 22.5. The Morgan fingerprint density at radius 3 is 2.41 bits per heavy atom. The second kappa shape index (κ2) is 8.25. The molecule has 8 atom stereocenters. The third-order valence-electron chi connectivity index (χ3n) is 10.3. The number of rotatable bonds is 5. The quantitative estimate of drug-likeness (QED) is 0.243. The monoisotopic (exact) mass is 578 g/mol. The van der Waals surface area contributed by atoms with Gasteiger partial charge in [0.2, 0.25) is 0 Å². The minimum absolute atomic E-state index is 0.145. The number of hydrogen-bond donors (Lipinski definition) is 1. The summed E-state index contributed by atoms with van der Waals surface area (Å²) in [5, 5.41) is 1.11. The largest absolute Gasteiger partial charge is 0.458 e. The van der Waals surface area contributed by atoms with Gasteiger partial charge in [-0.3, -0.25) is 23.7 Å². The molecular weight excluding hydrogens is 552 g/mol. The van der Waals surface area contributed by atoms with Gasteiger partial charge in [-0.2, -0.15) is 8.42 Å². The highest BCUT2D eigenvalue weighted by atomic mass is 32.2. The highest BCUT2D eigenvalue weighted by Crippen LogP contribution is 2.60. The van der Waals surface area contributed by atoms with Crippen LogP contribution in [0, 0.1) is 40.9 Å². The topological polar surface area (TPSA) is 150 Å². The van der Waals surface area contributed by atoms with Gasteiger partial charge in [0.1, 0.15) is 23.7 Å². The third kappa shape index (κ3) is 3.61. The molecular formula is C30H26O10S. The van der Waals surface area contributed by atoms with Crippen molar-refractivity contribution in [1.29, 1.82) is 0 Å². The number of carbonyl (C=O) groups excluding carboxylic acids is 4. The van der Waals surface area contributed by atoms with Gasteiger partial charge >= 0.3 is 17.9 Å². The number of allylic oxidation sites excluding steroid dienone is 1. The summed E-state index contributed by atoms with van der Waals surface area (Å²) in [6, 6.07) is 8.72. The van der Waals surface area contributed by atoms with Crippen LogP contribution < -0.4 is 4.74 Å². The first kappa shape index (κ1) is 25.2. The zero-order chi connectivity index (χ0) is 28.4. The van der Waals surface area contributed by atoms with Crippen LogP contribution in [0.25, 0.3) is 10.8 Å². The Morgan fingerprint density at radius 1 is 0.976 bits per heavy atom. The van der Waals surface area contributed by atoms with Crippen molar-refractivity contribution in [3.63, 3.8) is 0 Å². The average Bonchev–Trinajstić information content (AvgIpc) is 3.54. The van der Waals surface area contributed by atoms with Crippen LogP contribution in [0.1, 0.15) is 32.1 Å². The summed E-state index contributed by atoms with van der Waals surface area (Å²) in [4.78, 5) is 52.4. The van der Waals surface area contributed by atoms with E-state index < -0.39 is 63.4 Å². The molecule has 0 amide bonds. The summed E-state index contributed by atoms with van der Waals surface area (Å²) in [6.07, 6.45) is 3.46. The molecule has 7 aliphatic rings. The molecule has 1 aliphatic heterocycles. The molecule has 1 saturated heterocycles. The number of ether oxygens (including phenoxy) is 3. The van der Waals surface area contributed by atoms with Crippen LogP contribution in [0.5, 0.6) is 5.75 Å². The number of carbonyl (C=O) groups is 4. The van der Waals surface area contributed by atoms with Crippen molar-refractivity contribution in [2.45, 2.75) is 49.2 Å². The summed E-state index contributed by atoms with van der Waals surface area (Å²) in [7, 11) is -4.36. The number of Topliss-reactive ketones (excluding diaryl/α,β-unsaturated/α-hetero) is 1. The van der Waals surface area contributed by atoms with Gasteiger partial charge < -0.3 is 14.2 Å². The van der Waals surface area contributed by atoms with Gasteiger partial charge in [-0.15, -0.1) is 0 Å². The molecule has 1 heterocycles. The standard InChI is InChI=1S/C30H26O10S/c31-24-16-5-13-6-17(24)12-30(10-13,11-16)29(34)40-26-21-9-20-23(28(33)39-25(20)26)22(21)27(32)38-18-3-1-15-8-19(41(35,36)37)4-2-14(15)7-18/h1-4,7-8,10,16-17,20-23,25-26H,5-6,9,11-12H2,(H,35,36,37). The lowest BCUT2D eigenvalue weighted by atomic mass is 9.54. The fraction of sp³-hybridized carbons (Fsp3) is 0.467. The average molecular weight is 579 g/mol. The lowest BCUT2D eigenvalue weighted by molar-refractivity contribution is -0.176. The van der Waals surface area contributed by atoms with Gasteiger partial charge in [-0.05, 0) is 67.1 Å². The maximum Gasteiger partial charge on any atom is 0.316 e. The molecule has 0 spiro atoms. The first-order valence-electron chi connectivity index (χ1n) is 13.9. The van der Waals surface area contributed by atoms with E-state index in [2.05, 4.69) is 0 Å². The van der Waals surface area contributed by atoms with E-state index in [1.165, 1.54) is 24.3 Å². The van der Waals surface area contributed by atoms with E-state index in [1.54, 1.807) is 12.1 Å². The van der Waals surface area contributed by atoms with Gasteiger partial charge in [0.25, 0.3) is 10.1 Å². The third-order valence-corrected chi connectivity index (χ3v) is 11.1. The second-order valence-corrected chi connectivity index (χ2v) is 13.9. The first-order valence-corrected chi connectivity index (χ1v) is 15.3. The highest BCUT2D eigenvalue weighted by molar-refractivity contribution is 7.85. The molecule has 1 N–H and O–H groups in total. The Balaban J connectivity index is 1.04. The molecule has 41 heavy (non-hydrogen) atoms. The van der Waals surface area contributed by atoms with Crippen molar-refractivity contribution in [3.05, 3.63) is 48.0 Å². The van der Waals surface area contributed by atoms with E-state index >= 15 is 0 Å². The minimum atomic E-state index is -4.36. The van der Waals surface area contributed by atoms with E-state index in [1.807, 2.05) is 6.08 Å².